The Balaban J connectivity index is 1.21. The van der Waals surface area contributed by atoms with Crippen LogP contribution < -0.4 is 5.73 Å². The molecule has 2 fully saturated rings. The van der Waals surface area contributed by atoms with E-state index in [2.05, 4.69) is 21.9 Å². The van der Waals surface area contributed by atoms with Gasteiger partial charge < -0.3 is 29.6 Å². The molecule has 4 aromatic rings. The number of fused-ring (bicyclic) bond motifs is 2. The van der Waals surface area contributed by atoms with Crippen molar-refractivity contribution in [2.24, 2.45) is 5.41 Å². The van der Waals surface area contributed by atoms with Gasteiger partial charge >= 0.3 is 0 Å². The number of likely N-dealkylation sites (tertiary alicyclic amines) is 1. The summed E-state index contributed by atoms with van der Waals surface area (Å²) in [5, 5.41) is 11.4. The van der Waals surface area contributed by atoms with Gasteiger partial charge in [0.05, 0.1) is 36.6 Å². The summed E-state index contributed by atoms with van der Waals surface area (Å²) in [6.07, 6.45) is 6.14. The lowest BCUT2D eigenvalue weighted by Gasteiger charge is -2.43. The second-order valence-electron chi connectivity index (χ2n) is 11.0. The number of nitrogens with zero attached hydrogens (tertiary/aromatic N) is 7. The minimum Gasteiger partial charge on any atom is -0.386 e. The molecule has 3 N–H and O–H groups in total. The fourth-order valence-corrected chi connectivity index (χ4v) is 6.14. The lowest BCUT2D eigenvalue weighted by atomic mass is 9.72. The van der Waals surface area contributed by atoms with Gasteiger partial charge in [0.25, 0.3) is 0 Å². The molecule has 0 unspecified atom stereocenters. The summed E-state index contributed by atoms with van der Waals surface area (Å²) in [6, 6.07) is 7.65. The molecule has 2 aliphatic rings. The number of benzene rings is 1. The molecule has 1 spiro atoms. The standard InChI is InChI=1S/C27H34N8O3/c1-3-21-32-18-6-4-5-7-19(18)34(21)13-22(36)33-10-8-27(9-11-33)12-20(26(2,37)14-38-15-27)35-17-31-23-24(28)29-16-30-25(23)35/h4-7,16-17,20,37H,3,8-15H2,1-2H3,(H2,28,29,30)/t20-,26-/m1/s1. The second-order valence-corrected chi connectivity index (χ2v) is 11.0. The van der Waals surface area contributed by atoms with Crippen LogP contribution in [0.1, 0.15) is 45.0 Å². The van der Waals surface area contributed by atoms with Crippen LogP contribution in [0.4, 0.5) is 5.82 Å². The highest BCUT2D eigenvalue weighted by Crippen LogP contribution is 2.46. The number of amides is 1. The fourth-order valence-electron chi connectivity index (χ4n) is 6.14. The molecule has 2 saturated heterocycles. The molecule has 1 amide bonds. The van der Waals surface area contributed by atoms with Gasteiger partial charge in [0, 0.05) is 19.5 Å². The summed E-state index contributed by atoms with van der Waals surface area (Å²) in [4.78, 5) is 33.0. The van der Waals surface area contributed by atoms with Crippen LogP contribution in [-0.4, -0.2) is 76.9 Å². The number of imidazole rings is 2. The first kappa shape index (κ1) is 24.7. The van der Waals surface area contributed by atoms with Crippen molar-refractivity contribution in [2.75, 3.05) is 32.0 Å². The monoisotopic (exact) mass is 518 g/mol. The molecule has 0 radical (unpaired) electrons. The van der Waals surface area contributed by atoms with Crippen LogP contribution in [-0.2, 0) is 22.5 Å². The zero-order valence-corrected chi connectivity index (χ0v) is 21.9. The van der Waals surface area contributed by atoms with Crippen molar-refractivity contribution in [3.05, 3.63) is 42.7 Å². The second kappa shape index (κ2) is 9.32. The smallest absolute Gasteiger partial charge is 0.242 e. The maximum Gasteiger partial charge on any atom is 0.242 e. The molecule has 11 nitrogen and oxygen atoms in total. The number of piperidine rings is 1. The lowest BCUT2D eigenvalue weighted by molar-refractivity contribution is -0.135. The summed E-state index contributed by atoms with van der Waals surface area (Å²) in [5.74, 6) is 1.34. The average molecular weight is 519 g/mol. The summed E-state index contributed by atoms with van der Waals surface area (Å²) < 4.78 is 10.0. The number of carbonyl (C=O) groups excluding carboxylic acids is 1. The maximum absolute atomic E-state index is 13.4. The lowest BCUT2D eigenvalue weighted by Crippen LogP contribution is -2.47. The molecule has 200 valence electrons. The predicted molar refractivity (Wildman–Crippen MR) is 142 cm³/mol. The first-order valence-corrected chi connectivity index (χ1v) is 13.3. The van der Waals surface area contributed by atoms with Crippen LogP contribution in [0.25, 0.3) is 22.2 Å². The zero-order chi connectivity index (χ0) is 26.5. The highest BCUT2D eigenvalue weighted by Gasteiger charge is 2.47. The van der Waals surface area contributed by atoms with Crippen molar-refractivity contribution in [2.45, 2.75) is 57.7 Å². The van der Waals surface area contributed by atoms with Crippen LogP contribution in [0.15, 0.2) is 36.9 Å². The molecule has 0 aliphatic carbocycles. The molecule has 11 heteroatoms. The predicted octanol–water partition coefficient (Wildman–Crippen LogP) is 2.34. The normalized spacial score (nSPS) is 23.8. The molecule has 2 aliphatic heterocycles. The molecule has 38 heavy (non-hydrogen) atoms. The van der Waals surface area contributed by atoms with Crippen LogP contribution >= 0.6 is 0 Å². The summed E-state index contributed by atoms with van der Waals surface area (Å²) in [5.41, 5.74) is 7.76. The third-order valence-electron chi connectivity index (χ3n) is 8.39. The molecular formula is C27H34N8O3. The number of anilines is 1. The van der Waals surface area contributed by atoms with Crippen molar-refractivity contribution >= 4 is 33.9 Å². The number of para-hydroxylation sites is 2. The Bertz CT molecular complexity index is 1480. The minimum atomic E-state index is -1.12. The fraction of sp³-hybridized carbons (Fsp3) is 0.519. The number of ether oxygens (including phenoxy) is 1. The number of nitrogens with two attached hydrogens (primary N) is 1. The molecule has 1 aromatic carbocycles. The Kier molecular flexibility index (Phi) is 6.07. The Morgan fingerprint density at radius 2 is 1.97 bits per heavy atom. The Morgan fingerprint density at radius 1 is 1.18 bits per heavy atom. The van der Waals surface area contributed by atoms with E-state index in [1.54, 1.807) is 13.3 Å². The van der Waals surface area contributed by atoms with Gasteiger partial charge in [0.15, 0.2) is 11.5 Å². The number of nitrogen functional groups attached to an aromatic ring is 1. The van der Waals surface area contributed by atoms with Gasteiger partial charge in [-0.05, 0) is 43.7 Å². The van der Waals surface area contributed by atoms with E-state index in [-0.39, 0.29) is 30.5 Å². The Hall–Kier alpha value is -3.57. The van der Waals surface area contributed by atoms with Crippen LogP contribution in [0.5, 0.6) is 0 Å². The summed E-state index contributed by atoms with van der Waals surface area (Å²) in [7, 11) is 0. The topological polar surface area (TPSA) is 137 Å². The first-order valence-electron chi connectivity index (χ1n) is 13.3. The van der Waals surface area contributed by atoms with E-state index in [1.165, 1.54) is 6.33 Å². The maximum atomic E-state index is 13.4. The van der Waals surface area contributed by atoms with Crippen molar-refractivity contribution < 1.29 is 14.6 Å². The number of carbonyl (C=O) groups is 1. The van der Waals surface area contributed by atoms with E-state index in [1.807, 2.05) is 38.3 Å². The number of rotatable bonds is 4. The number of hydrogen-bond donors (Lipinski definition) is 2. The van der Waals surface area contributed by atoms with E-state index in [4.69, 9.17) is 15.5 Å². The van der Waals surface area contributed by atoms with Crippen LogP contribution in [0, 0.1) is 5.41 Å². The summed E-state index contributed by atoms with van der Waals surface area (Å²) in [6.45, 7) is 6.18. The van der Waals surface area contributed by atoms with Crippen LogP contribution in [0.3, 0.4) is 0 Å². The zero-order valence-electron chi connectivity index (χ0n) is 21.9. The van der Waals surface area contributed by atoms with Gasteiger partial charge in [-0.25, -0.2) is 19.9 Å². The summed E-state index contributed by atoms with van der Waals surface area (Å²) >= 11 is 0. The van der Waals surface area contributed by atoms with Gasteiger partial charge in [-0.2, -0.15) is 0 Å². The van der Waals surface area contributed by atoms with E-state index >= 15 is 0 Å². The van der Waals surface area contributed by atoms with Gasteiger partial charge in [-0.1, -0.05) is 19.1 Å². The van der Waals surface area contributed by atoms with E-state index in [9.17, 15) is 9.90 Å². The third-order valence-corrected chi connectivity index (χ3v) is 8.39. The highest BCUT2D eigenvalue weighted by atomic mass is 16.5. The van der Waals surface area contributed by atoms with Gasteiger partial charge in [-0.3, -0.25) is 4.79 Å². The molecular weight excluding hydrogens is 484 g/mol. The van der Waals surface area contributed by atoms with Crippen molar-refractivity contribution in [3.63, 3.8) is 0 Å². The van der Waals surface area contributed by atoms with Gasteiger partial charge in [0.2, 0.25) is 5.91 Å². The molecule has 0 saturated carbocycles. The van der Waals surface area contributed by atoms with Gasteiger partial charge in [0.1, 0.15) is 29.8 Å². The van der Waals surface area contributed by atoms with Crippen LogP contribution in [0.2, 0.25) is 0 Å². The highest BCUT2D eigenvalue weighted by molar-refractivity contribution is 5.82. The first-order chi connectivity index (χ1) is 18.3. The van der Waals surface area contributed by atoms with Gasteiger partial charge in [-0.15, -0.1) is 0 Å². The molecule has 3 aromatic heterocycles. The third kappa shape index (κ3) is 4.19. The Morgan fingerprint density at radius 3 is 2.76 bits per heavy atom. The van der Waals surface area contributed by atoms with Crippen molar-refractivity contribution in [3.8, 4) is 0 Å². The number of aliphatic hydroxyl groups is 1. The number of aryl methyl sites for hydroxylation is 1. The minimum absolute atomic E-state index is 0.101. The largest absolute Gasteiger partial charge is 0.386 e. The molecule has 6 rings (SSSR count). The van der Waals surface area contributed by atoms with Crippen molar-refractivity contribution in [1.82, 2.24) is 34.0 Å². The van der Waals surface area contributed by atoms with E-state index in [0.717, 1.165) is 36.1 Å². The molecule has 5 heterocycles. The van der Waals surface area contributed by atoms with Crippen molar-refractivity contribution in [1.29, 1.82) is 0 Å². The molecule has 2 atom stereocenters. The Labute approximate surface area is 220 Å². The number of hydrogen-bond acceptors (Lipinski definition) is 8. The quantitative estimate of drug-likeness (QED) is 0.420. The van der Waals surface area contributed by atoms with E-state index < -0.39 is 5.60 Å². The molecule has 0 bridgehead atoms. The van der Waals surface area contributed by atoms with E-state index in [0.29, 0.717) is 43.1 Å². The number of aromatic nitrogens is 6. The average Bonchev–Trinajstić information content (AvgIpc) is 3.46. The SMILES string of the molecule is CCc1nc2ccccc2n1CC(=O)N1CCC2(CC1)COC[C@@](C)(O)[C@H](n1cnc3c(N)ncnc31)C2.